The minimum atomic E-state index is 0.278. The van der Waals surface area contributed by atoms with Gasteiger partial charge in [0, 0.05) is 9.75 Å². The quantitative estimate of drug-likeness (QED) is 0.696. The molecule has 1 atom stereocenters. The van der Waals surface area contributed by atoms with Crippen LogP contribution in [0.15, 0.2) is 48.5 Å². The SMILES string of the molecule is CCNC(c1sc(C)cc1C)c1cccc2ccccc12. The van der Waals surface area contributed by atoms with Crippen molar-refractivity contribution in [3.05, 3.63) is 69.4 Å². The summed E-state index contributed by atoms with van der Waals surface area (Å²) in [5.41, 5.74) is 2.76. The second-order valence-corrected chi connectivity index (χ2v) is 6.75. The van der Waals surface area contributed by atoms with Crippen LogP contribution in [0.3, 0.4) is 0 Å². The summed E-state index contributed by atoms with van der Waals surface area (Å²) in [4.78, 5) is 2.82. The summed E-state index contributed by atoms with van der Waals surface area (Å²) in [6.07, 6.45) is 0. The summed E-state index contributed by atoms with van der Waals surface area (Å²) in [5, 5.41) is 6.32. The molecule has 0 aliphatic carbocycles. The second kappa shape index (κ2) is 6.00. The Kier molecular flexibility index (Phi) is 4.09. The summed E-state index contributed by atoms with van der Waals surface area (Å²) in [7, 11) is 0. The predicted molar refractivity (Wildman–Crippen MR) is 93.3 cm³/mol. The number of benzene rings is 2. The Bertz CT molecular complexity index is 752. The molecule has 0 radical (unpaired) electrons. The Morgan fingerprint density at radius 2 is 1.81 bits per heavy atom. The van der Waals surface area contributed by atoms with Gasteiger partial charge in [0.15, 0.2) is 0 Å². The molecule has 2 aromatic carbocycles. The van der Waals surface area contributed by atoms with E-state index in [1.165, 1.54) is 31.7 Å². The molecule has 21 heavy (non-hydrogen) atoms. The molecule has 108 valence electrons. The zero-order valence-electron chi connectivity index (χ0n) is 12.8. The predicted octanol–water partition coefficient (Wildman–Crippen LogP) is 5.22. The number of nitrogens with one attached hydrogen (secondary N) is 1. The minimum absolute atomic E-state index is 0.278. The first-order valence-electron chi connectivity index (χ1n) is 7.48. The first-order chi connectivity index (χ1) is 10.2. The molecule has 0 spiro atoms. The number of hydrogen-bond acceptors (Lipinski definition) is 2. The molecule has 1 nitrogen and oxygen atoms in total. The van der Waals surface area contributed by atoms with Crippen LogP contribution >= 0.6 is 11.3 Å². The van der Waals surface area contributed by atoms with Gasteiger partial charge in [0.1, 0.15) is 0 Å². The van der Waals surface area contributed by atoms with Crippen molar-refractivity contribution in [2.45, 2.75) is 26.8 Å². The average Bonchev–Trinajstić information content (AvgIpc) is 2.83. The van der Waals surface area contributed by atoms with E-state index in [1.54, 1.807) is 0 Å². The highest BCUT2D eigenvalue weighted by atomic mass is 32.1. The van der Waals surface area contributed by atoms with Gasteiger partial charge in [-0.25, -0.2) is 0 Å². The Morgan fingerprint density at radius 1 is 1.05 bits per heavy atom. The summed E-state index contributed by atoms with van der Waals surface area (Å²) < 4.78 is 0. The monoisotopic (exact) mass is 295 g/mol. The lowest BCUT2D eigenvalue weighted by atomic mass is 9.96. The molecule has 0 saturated carbocycles. The molecule has 1 heterocycles. The first-order valence-corrected chi connectivity index (χ1v) is 8.30. The van der Waals surface area contributed by atoms with E-state index in [-0.39, 0.29) is 6.04 Å². The van der Waals surface area contributed by atoms with Crippen LogP contribution in [0.2, 0.25) is 0 Å². The lowest BCUT2D eigenvalue weighted by Crippen LogP contribution is -2.22. The van der Waals surface area contributed by atoms with Crippen molar-refractivity contribution in [2.24, 2.45) is 0 Å². The van der Waals surface area contributed by atoms with Crippen molar-refractivity contribution in [3.63, 3.8) is 0 Å². The normalized spacial score (nSPS) is 12.7. The highest BCUT2D eigenvalue weighted by Crippen LogP contribution is 2.35. The Hall–Kier alpha value is -1.64. The third-order valence-corrected chi connectivity index (χ3v) is 5.10. The summed E-state index contributed by atoms with van der Waals surface area (Å²) in [6.45, 7) is 7.54. The van der Waals surface area contributed by atoms with E-state index >= 15 is 0 Å². The van der Waals surface area contributed by atoms with Crippen molar-refractivity contribution in [1.82, 2.24) is 5.32 Å². The highest BCUT2D eigenvalue weighted by Gasteiger charge is 2.19. The number of aryl methyl sites for hydroxylation is 2. The maximum Gasteiger partial charge on any atom is 0.0679 e. The van der Waals surface area contributed by atoms with Gasteiger partial charge in [-0.1, -0.05) is 49.4 Å². The van der Waals surface area contributed by atoms with E-state index in [4.69, 9.17) is 0 Å². The lowest BCUT2D eigenvalue weighted by molar-refractivity contribution is 0.641. The van der Waals surface area contributed by atoms with Gasteiger partial charge in [0.2, 0.25) is 0 Å². The van der Waals surface area contributed by atoms with Crippen LogP contribution in [0.5, 0.6) is 0 Å². The largest absolute Gasteiger partial charge is 0.306 e. The van der Waals surface area contributed by atoms with Gasteiger partial charge < -0.3 is 5.32 Å². The van der Waals surface area contributed by atoms with E-state index in [0.717, 1.165) is 6.54 Å². The summed E-state index contributed by atoms with van der Waals surface area (Å²) in [5.74, 6) is 0. The molecule has 1 N–H and O–H groups in total. The number of thiophene rings is 1. The molecule has 0 amide bonds. The van der Waals surface area contributed by atoms with E-state index in [9.17, 15) is 0 Å². The van der Waals surface area contributed by atoms with Crippen LogP contribution in [0.4, 0.5) is 0 Å². The van der Waals surface area contributed by atoms with Crippen LogP contribution in [0.1, 0.15) is 33.8 Å². The number of hydrogen-bond donors (Lipinski definition) is 1. The zero-order valence-corrected chi connectivity index (χ0v) is 13.6. The fraction of sp³-hybridized carbons (Fsp3) is 0.263. The number of fused-ring (bicyclic) bond motifs is 1. The third-order valence-electron chi connectivity index (χ3n) is 3.88. The molecular weight excluding hydrogens is 274 g/mol. The van der Waals surface area contributed by atoms with Crippen LogP contribution in [-0.2, 0) is 0 Å². The molecule has 2 heteroatoms. The Labute approximate surface area is 130 Å². The van der Waals surface area contributed by atoms with Gasteiger partial charge in [-0.2, -0.15) is 0 Å². The summed E-state index contributed by atoms with van der Waals surface area (Å²) >= 11 is 1.90. The molecule has 1 aromatic heterocycles. The Balaban J connectivity index is 2.18. The van der Waals surface area contributed by atoms with Crippen LogP contribution in [-0.4, -0.2) is 6.54 Å². The average molecular weight is 295 g/mol. The van der Waals surface area contributed by atoms with Gasteiger partial charge in [0.25, 0.3) is 0 Å². The van der Waals surface area contributed by atoms with Gasteiger partial charge in [0.05, 0.1) is 6.04 Å². The van der Waals surface area contributed by atoms with Crippen molar-refractivity contribution < 1.29 is 0 Å². The van der Waals surface area contributed by atoms with E-state index in [0.29, 0.717) is 0 Å². The fourth-order valence-corrected chi connectivity index (χ4v) is 4.13. The van der Waals surface area contributed by atoms with Gasteiger partial charge in [-0.3, -0.25) is 0 Å². The van der Waals surface area contributed by atoms with Crippen LogP contribution < -0.4 is 5.32 Å². The molecule has 1 unspecified atom stereocenters. The van der Waals surface area contributed by atoms with E-state index in [2.05, 4.69) is 74.6 Å². The molecule has 0 aliphatic heterocycles. The Morgan fingerprint density at radius 3 is 2.52 bits per heavy atom. The van der Waals surface area contributed by atoms with Crippen molar-refractivity contribution in [2.75, 3.05) is 6.54 Å². The topological polar surface area (TPSA) is 12.0 Å². The maximum absolute atomic E-state index is 3.67. The molecule has 0 saturated heterocycles. The van der Waals surface area contributed by atoms with Crippen molar-refractivity contribution in [3.8, 4) is 0 Å². The van der Waals surface area contributed by atoms with Crippen molar-refractivity contribution in [1.29, 1.82) is 0 Å². The zero-order chi connectivity index (χ0) is 14.8. The summed E-state index contributed by atoms with van der Waals surface area (Å²) in [6, 6.07) is 17.8. The number of rotatable bonds is 4. The standard InChI is InChI=1S/C19H21NS/c1-4-20-18(19-13(2)12-14(3)21-19)17-11-7-9-15-8-5-6-10-16(15)17/h5-12,18,20H,4H2,1-3H3. The van der Waals surface area contributed by atoms with Crippen molar-refractivity contribution >= 4 is 22.1 Å². The van der Waals surface area contributed by atoms with Crippen LogP contribution in [0, 0.1) is 13.8 Å². The second-order valence-electron chi connectivity index (χ2n) is 5.46. The maximum atomic E-state index is 3.67. The molecular formula is C19H21NS. The first kappa shape index (κ1) is 14.3. The fourth-order valence-electron chi connectivity index (χ4n) is 3.00. The molecule has 3 rings (SSSR count). The van der Waals surface area contributed by atoms with Gasteiger partial charge in [-0.15, -0.1) is 11.3 Å². The minimum Gasteiger partial charge on any atom is -0.306 e. The highest BCUT2D eigenvalue weighted by molar-refractivity contribution is 7.12. The molecule has 0 fully saturated rings. The van der Waals surface area contributed by atoms with Gasteiger partial charge >= 0.3 is 0 Å². The van der Waals surface area contributed by atoms with E-state index in [1.807, 2.05) is 11.3 Å². The molecule has 0 aliphatic rings. The smallest absolute Gasteiger partial charge is 0.0679 e. The van der Waals surface area contributed by atoms with Crippen LogP contribution in [0.25, 0.3) is 10.8 Å². The van der Waals surface area contributed by atoms with Gasteiger partial charge in [-0.05, 0) is 48.4 Å². The van der Waals surface area contributed by atoms with E-state index < -0.39 is 0 Å². The lowest BCUT2D eigenvalue weighted by Gasteiger charge is -2.20. The molecule has 0 bridgehead atoms. The third kappa shape index (κ3) is 2.74. The molecule has 3 aromatic rings.